The van der Waals surface area contributed by atoms with Gasteiger partial charge < -0.3 is 14.7 Å². The van der Waals surface area contributed by atoms with Gasteiger partial charge in [-0.3, -0.25) is 9.59 Å². The van der Waals surface area contributed by atoms with Crippen LogP contribution in [-0.2, 0) is 16.1 Å². The highest BCUT2D eigenvalue weighted by molar-refractivity contribution is 5.75. The van der Waals surface area contributed by atoms with Crippen LogP contribution in [0.4, 0.5) is 5.82 Å². The normalized spacial score (nSPS) is 15.1. The Labute approximate surface area is 138 Å². The molecule has 2 heterocycles. The lowest BCUT2D eigenvalue weighted by atomic mass is 10.2. The Hall–Kier alpha value is -1.95. The highest BCUT2D eigenvalue weighted by Crippen LogP contribution is 2.15. The molecule has 0 spiro atoms. The molecule has 1 fully saturated rings. The summed E-state index contributed by atoms with van der Waals surface area (Å²) in [5, 5.41) is 0. The molecule has 0 radical (unpaired) electrons. The van der Waals surface area contributed by atoms with Crippen LogP contribution >= 0.6 is 0 Å². The molecule has 1 aromatic rings. The average molecular weight is 318 g/mol. The van der Waals surface area contributed by atoms with Gasteiger partial charge in [0.05, 0.1) is 0 Å². The molecule has 0 unspecified atom stereocenters. The standard InChI is InChI=1S/C17H26N4O2/c1-14(22)6-7-19(3)13-16-4-5-17(18-12-16)21-10-8-20(9-11-21)15(2)23/h4-5,12H,6-11,13H2,1-3H3. The van der Waals surface area contributed by atoms with E-state index in [1.807, 2.05) is 24.2 Å². The van der Waals surface area contributed by atoms with Gasteiger partial charge in [0.1, 0.15) is 11.6 Å². The maximum Gasteiger partial charge on any atom is 0.219 e. The quantitative estimate of drug-likeness (QED) is 0.788. The van der Waals surface area contributed by atoms with Crippen molar-refractivity contribution in [2.45, 2.75) is 26.8 Å². The number of aromatic nitrogens is 1. The lowest BCUT2D eigenvalue weighted by Gasteiger charge is -2.34. The molecule has 126 valence electrons. The third-order valence-electron chi connectivity index (χ3n) is 4.16. The van der Waals surface area contributed by atoms with E-state index in [2.05, 4.69) is 20.9 Å². The van der Waals surface area contributed by atoms with Crippen LogP contribution in [-0.4, -0.2) is 66.2 Å². The van der Waals surface area contributed by atoms with Crippen LogP contribution in [0, 0.1) is 0 Å². The Bertz CT molecular complexity index is 536. The van der Waals surface area contributed by atoms with Gasteiger partial charge in [-0.15, -0.1) is 0 Å². The lowest BCUT2D eigenvalue weighted by Crippen LogP contribution is -2.48. The summed E-state index contributed by atoms with van der Waals surface area (Å²) in [6, 6.07) is 4.13. The zero-order valence-corrected chi connectivity index (χ0v) is 14.3. The largest absolute Gasteiger partial charge is 0.353 e. The smallest absolute Gasteiger partial charge is 0.219 e. The average Bonchev–Trinajstić information content (AvgIpc) is 2.54. The predicted molar refractivity (Wildman–Crippen MR) is 90.3 cm³/mol. The van der Waals surface area contributed by atoms with Gasteiger partial charge in [0.2, 0.25) is 5.91 Å². The van der Waals surface area contributed by atoms with Crippen molar-refractivity contribution in [2.24, 2.45) is 0 Å². The van der Waals surface area contributed by atoms with Gasteiger partial charge >= 0.3 is 0 Å². The minimum Gasteiger partial charge on any atom is -0.353 e. The third-order valence-corrected chi connectivity index (χ3v) is 4.16. The van der Waals surface area contributed by atoms with Crippen LogP contribution in [0.25, 0.3) is 0 Å². The Morgan fingerprint density at radius 3 is 2.39 bits per heavy atom. The highest BCUT2D eigenvalue weighted by atomic mass is 16.2. The zero-order valence-electron chi connectivity index (χ0n) is 14.3. The molecule has 0 atom stereocenters. The van der Waals surface area contributed by atoms with Crippen molar-refractivity contribution in [3.05, 3.63) is 23.9 Å². The molecule has 0 bridgehead atoms. The molecular weight excluding hydrogens is 292 g/mol. The van der Waals surface area contributed by atoms with E-state index >= 15 is 0 Å². The van der Waals surface area contributed by atoms with Crippen molar-refractivity contribution in [3.8, 4) is 0 Å². The zero-order chi connectivity index (χ0) is 16.8. The topological polar surface area (TPSA) is 56.8 Å². The molecule has 6 heteroatoms. The van der Waals surface area contributed by atoms with E-state index < -0.39 is 0 Å². The Morgan fingerprint density at radius 1 is 1.17 bits per heavy atom. The molecule has 2 rings (SSSR count). The summed E-state index contributed by atoms with van der Waals surface area (Å²) >= 11 is 0. The second kappa shape index (κ2) is 8.06. The molecule has 1 aliphatic rings. The van der Waals surface area contributed by atoms with E-state index in [-0.39, 0.29) is 11.7 Å². The summed E-state index contributed by atoms with van der Waals surface area (Å²) in [6.07, 6.45) is 2.49. The number of carbonyl (C=O) groups is 2. The van der Waals surface area contributed by atoms with Crippen molar-refractivity contribution >= 4 is 17.5 Å². The molecule has 1 aliphatic heterocycles. The van der Waals surface area contributed by atoms with Gasteiger partial charge in [-0.05, 0) is 25.6 Å². The number of anilines is 1. The Morgan fingerprint density at radius 2 is 1.87 bits per heavy atom. The van der Waals surface area contributed by atoms with Gasteiger partial charge in [-0.2, -0.15) is 0 Å². The van der Waals surface area contributed by atoms with E-state index in [0.29, 0.717) is 6.42 Å². The van der Waals surface area contributed by atoms with Crippen molar-refractivity contribution in [1.82, 2.24) is 14.8 Å². The second-order valence-corrected chi connectivity index (χ2v) is 6.21. The lowest BCUT2D eigenvalue weighted by molar-refractivity contribution is -0.129. The molecule has 1 amide bonds. The molecule has 0 aliphatic carbocycles. The summed E-state index contributed by atoms with van der Waals surface area (Å²) in [4.78, 5) is 33.1. The first-order valence-corrected chi connectivity index (χ1v) is 8.09. The first-order valence-electron chi connectivity index (χ1n) is 8.09. The van der Waals surface area contributed by atoms with Crippen LogP contribution < -0.4 is 4.90 Å². The van der Waals surface area contributed by atoms with E-state index in [1.165, 1.54) is 0 Å². The third kappa shape index (κ3) is 5.32. The van der Waals surface area contributed by atoms with Gasteiger partial charge in [0.25, 0.3) is 0 Å². The van der Waals surface area contributed by atoms with Crippen molar-refractivity contribution in [3.63, 3.8) is 0 Å². The molecule has 6 nitrogen and oxygen atoms in total. The van der Waals surface area contributed by atoms with E-state index in [9.17, 15) is 9.59 Å². The fourth-order valence-electron chi connectivity index (χ4n) is 2.69. The van der Waals surface area contributed by atoms with E-state index in [0.717, 1.165) is 50.6 Å². The number of hydrogen-bond donors (Lipinski definition) is 0. The minimum absolute atomic E-state index is 0.140. The number of amides is 1. The Balaban J connectivity index is 1.85. The SMILES string of the molecule is CC(=O)CCN(C)Cc1ccc(N2CCN(C(C)=O)CC2)nc1. The number of pyridine rings is 1. The maximum atomic E-state index is 11.4. The number of hydrogen-bond acceptors (Lipinski definition) is 5. The number of nitrogens with zero attached hydrogens (tertiary/aromatic N) is 4. The molecule has 0 N–H and O–H groups in total. The van der Waals surface area contributed by atoms with Crippen molar-refractivity contribution in [2.75, 3.05) is 44.7 Å². The second-order valence-electron chi connectivity index (χ2n) is 6.21. The molecule has 0 aromatic carbocycles. The number of ketones is 1. The van der Waals surface area contributed by atoms with Crippen LogP contribution in [0.3, 0.4) is 0 Å². The van der Waals surface area contributed by atoms with Gasteiger partial charge in [0, 0.05) is 58.8 Å². The van der Waals surface area contributed by atoms with Crippen LogP contribution in [0.5, 0.6) is 0 Å². The van der Waals surface area contributed by atoms with Crippen LogP contribution in [0.15, 0.2) is 18.3 Å². The number of rotatable bonds is 6. The van der Waals surface area contributed by atoms with Gasteiger partial charge in [0.15, 0.2) is 0 Å². The Kier molecular flexibility index (Phi) is 6.10. The first kappa shape index (κ1) is 17.4. The molecule has 1 saturated heterocycles. The van der Waals surface area contributed by atoms with Crippen LogP contribution in [0.2, 0.25) is 0 Å². The summed E-state index contributed by atoms with van der Waals surface area (Å²) < 4.78 is 0. The fourth-order valence-corrected chi connectivity index (χ4v) is 2.69. The van der Waals surface area contributed by atoms with Gasteiger partial charge in [-0.25, -0.2) is 4.98 Å². The summed E-state index contributed by atoms with van der Waals surface area (Å²) in [7, 11) is 2.01. The molecule has 23 heavy (non-hydrogen) atoms. The minimum atomic E-state index is 0.140. The number of piperazine rings is 1. The van der Waals surface area contributed by atoms with Gasteiger partial charge in [-0.1, -0.05) is 6.07 Å². The summed E-state index contributed by atoms with van der Waals surface area (Å²) in [6.45, 7) is 7.96. The molecule has 1 aromatic heterocycles. The predicted octanol–water partition coefficient (Wildman–Crippen LogP) is 1.16. The van der Waals surface area contributed by atoms with Crippen LogP contribution in [0.1, 0.15) is 25.8 Å². The number of Topliss-reactive ketones (excluding diaryl/α,β-unsaturated/α-hetero) is 1. The summed E-state index contributed by atoms with van der Waals surface area (Å²) in [5.74, 6) is 1.32. The first-order chi connectivity index (χ1) is 11.0. The monoisotopic (exact) mass is 318 g/mol. The van der Waals surface area contributed by atoms with E-state index in [1.54, 1.807) is 13.8 Å². The maximum absolute atomic E-state index is 11.4. The summed E-state index contributed by atoms with van der Waals surface area (Å²) in [5.41, 5.74) is 1.14. The molecular formula is C17H26N4O2. The number of carbonyl (C=O) groups excluding carboxylic acids is 2. The fraction of sp³-hybridized carbons (Fsp3) is 0.588. The van der Waals surface area contributed by atoms with E-state index in [4.69, 9.17) is 0 Å². The van der Waals surface area contributed by atoms with Crippen molar-refractivity contribution in [1.29, 1.82) is 0 Å². The van der Waals surface area contributed by atoms with Crippen molar-refractivity contribution < 1.29 is 9.59 Å². The highest BCUT2D eigenvalue weighted by Gasteiger charge is 2.19. The molecule has 0 saturated carbocycles.